The van der Waals surface area contributed by atoms with E-state index in [9.17, 15) is 4.79 Å². The Labute approximate surface area is 145 Å². The Balaban J connectivity index is 0.00000264. The van der Waals surface area contributed by atoms with Gasteiger partial charge in [-0.2, -0.15) is 0 Å². The monoisotopic (exact) mass is 340 g/mol. The number of hydrogen-bond acceptors (Lipinski definition) is 3. The SMILES string of the molecule is COc1ccc(CCCC(=O)NCCC2CCCNC2)cc1.Cl. The topological polar surface area (TPSA) is 50.4 Å². The summed E-state index contributed by atoms with van der Waals surface area (Å²) in [6, 6.07) is 8.06. The van der Waals surface area contributed by atoms with Crippen LogP contribution in [0.2, 0.25) is 0 Å². The van der Waals surface area contributed by atoms with Crippen LogP contribution < -0.4 is 15.4 Å². The van der Waals surface area contributed by atoms with Crippen molar-refractivity contribution in [3.63, 3.8) is 0 Å². The average molecular weight is 341 g/mol. The van der Waals surface area contributed by atoms with E-state index in [1.54, 1.807) is 7.11 Å². The summed E-state index contributed by atoms with van der Waals surface area (Å²) in [6.45, 7) is 3.06. The molecule has 2 rings (SSSR count). The fraction of sp³-hybridized carbons (Fsp3) is 0.611. The van der Waals surface area contributed by atoms with Gasteiger partial charge in [0.05, 0.1) is 7.11 Å². The van der Waals surface area contributed by atoms with Crippen LogP contribution in [0.1, 0.15) is 37.7 Å². The van der Waals surface area contributed by atoms with Gasteiger partial charge in [0.2, 0.25) is 5.91 Å². The van der Waals surface area contributed by atoms with Crippen LogP contribution in [-0.2, 0) is 11.2 Å². The number of rotatable bonds is 8. The first kappa shape index (κ1) is 19.8. The highest BCUT2D eigenvalue weighted by Gasteiger charge is 2.12. The third-order valence-electron chi connectivity index (χ3n) is 4.30. The number of methoxy groups -OCH3 is 1. The Kier molecular flexibility index (Phi) is 9.72. The molecule has 130 valence electrons. The average Bonchev–Trinajstić information content (AvgIpc) is 2.56. The van der Waals surface area contributed by atoms with Crippen molar-refractivity contribution < 1.29 is 9.53 Å². The van der Waals surface area contributed by atoms with Crippen LogP contribution in [0.4, 0.5) is 0 Å². The molecule has 0 spiro atoms. The van der Waals surface area contributed by atoms with E-state index < -0.39 is 0 Å². The van der Waals surface area contributed by atoms with E-state index >= 15 is 0 Å². The molecule has 1 aromatic rings. The number of amides is 1. The standard InChI is InChI=1S/C18H28N2O2.ClH/c1-22-17-9-7-15(8-10-17)4-2-6-18(21)20-13-11-16-5-3-12-19-14-16;/h7-10,16,19H,2-6,11-14H2,1H3,(H,20,21);1H. The maximum Gasteiger partial charge on any atom is 0.220 e. The lowest BCUT2D eigenvalue weighted by Crippen LogP contribution is -2.33. The molecule has 23 heavy (non-hydrogen) atoms. The lowest BCUT2D eigenvalue weighted by Gasteiger charge is -2.22. The Morgan fingerprint density at radius 2 is 2.13 bits per heavy atom. The molecule has 0 bridgehead atoms. The second-order valence-electron chi connectivity index (χ2n) is 6.05. The molecule has 0 aliphatic carbocycles. The van der Waals surface area contributed by atoms with Crippen LogP contribution in [0.3, 0.4) is 0 Å². The van der Waals surface area contributed by atoms with E-state index in [2.05, 4.69) is 22.8 Å². The number of carbonyl (C=O) groups excluding carboxylic acids is 1. The molecule has 1 amide bonds. The van der Waals surface area contributed by atoms with Gasteiger partial charge in [0.15, 0.2) is 0 Å². The largest absolute Gasteiger partial charge is 0.497 e. The summed E-state index contributed by atoms with van der Waals surface area (Å²) in [4.78, 5) is 11.8. The second kappa shape index (κ2) is 11.3. The Bertz CT molecular complexity index is 445. The number of ether oxygens (including phenoxy) is 1. The number of benzene rings is 1. The Morgan fingerprint density at radius 1 is 1.35 bits per heavy atom. The second-order valence-corrected chi connectivity index (χ2v) is 6.05. The van der Waals surface area contributed by atoms with Crippen LogP contribution in [0, 0.1) is 5.92 Å². The number of halogens is 1. The zero-order chi connectivity index (χ0) is 15.6. The minimum atomic E-state index is 0. The van der Waals surface area contributed by atoms with Crippen LogP contribution in [0.5, 0.6) is 5.75 Å². The first-order valence-corrected chi connectivity index (χ1v) is 8.38. The highest BCUT2D eigenvalue weighted by Crippen LogP contribution is 2.14. The normalized spacial score (nSPS) is 17.2. The molecule has 0 saturated carbocycles. The van der Waals surface area contributed by atoms with Crippen molar-refractivity contribution in [2.24, 2.45) is 5.92 Å². The Hall–Kier alpha value is -1.26. The minimum absolute atomic E-state index is 0. The zero-order valence-electron chi connectivity index (χ0n) is 14.0. The first-order chi connectivity index (χ1) is 10.8. The first-order valence-electron chi connectivity index (χ1n) is 8.38. The maximum atomic E-state index is 11.8. The summed E-state index contributed by atoms with van der Waals surface area (Å²) < 4.78 is 5.14. The summed E-state index contributed by atoms with van der Waals surface area (Å²) in [5.41, 5.74) is 1.25. The molecule has 1 aromatic carbocycles. The third-order valence-corrected chi connectivity index (χ3v) is 4.30. The summed E-state index contributed by atoms with van der Waals surface area (Å²) in [7, 11) is 1.67. The van der Waals surface area contributed by atoms with Crippen LogP contribution in [0.25, 0.3) is 0 Å². The van der Waals surface area contributed by atoms with Crippen molar-refractivity contribution in [3.05, 3.63) is 29.8 Å². The van der Waals surface area contributed by atoms with Crippen molar-refractivity contribution in [2.45, 2.75) is 38.5 Å². The quantitative estimate of drug-likeness (QED) is 0.765. The lowest BCUT2D eigenvalue weighted by atomic mass is 9.96. The predicted molar refractivity (Wildman–Crippen MR) is 96.4 cm³/mol. The van der Waals surface area contributed by atoms with E-state index in [4.69, 9.17) is 4.74 Å². The number of hydrogen-bond donors (Lipinski definition) is 2. The molecule has 1 fully saturated rings. The van der Waals surface area contributed by atoms with Gasteiger partial charge in [-0.3, -0.25) is 4.79 Å². The minimum Gasteiger partial charge on any atom is -0.497 e. The van der Waals surface area contributed by atoms with E-state index in [1.807, 2.05) is 12.1 Å². The van der Waals surface area contributed by atoms with Crippen molar-refractivity contribution in [1.82, 2.24) is 10.6 Å². The molecular weight excluding hydrogens is 312 g/mol. The van der Waals surface area contributed by atoms with Gasteiger partial charge in [0.1, 0.15) is 5.75 Å². The molecule has 2 N–H and O–H groups in total. The molecule has 1 aliphatic heterocycles. The third kappa shape index (κ3) is 7.71. The predicted octanol–water partition coefficient (Wildman–Crippen LogP) is 2.95. The van der Waals surface area contributed by atoms with Gasteiger partial charge in [0, 0.05) is 13.0 Å². The highest BCUT2D eigenvalue weighted by molar-refractivity contribution is 5.85. The van der Waals surface area contributed by atoms with Crippen molar-refractivity contribution in [3.8, 4) is 5.75 Å². The molecule has 1 heterocycles. The molecule has 1 unspecified atom stereocenters. The summed E-state index contributed by atoms with van der Waals surface area (Å²) >= 11 is 0. The van der Waals surface area contributed by atoms with Gasteiger partial charge in [-0.15, -0.1) is 12.4 Å². The van der Waals surface area contributed by atoms with Crippen LogP contribution in [-0.4, -0.2) is 32.7 Å². The van der Waals surface area contributed by atoms with Gasteiger partial charge in [-0.25, -0.2) is 0 Å². The van der Waals surface area contributed by atoms with Crippen molar-refractivity contribution in [1.29, 1.82) is 0 Å². The molecule has 1 atom stereocenters. The van der Waals surface area contributed by atoms with Gasteiger partial charge in [-0.05, 0) is 68.8 Å². The molecule has 0 radical (unpaired) electrons. The molecule has 4 nitrogen and oxygen atoms in total. The molecular formula is C18H29ClN2O2. The molecule has 5 heteroatoms. The molecule has 0 aromatic heterocycles. The fourth-order valence-corrected chi connectivity index (χ4v) is 2.92. The van der Waals surface area contributed by atoms with Crippen LogP contribution in [0.15, 0.2) is 24.3 Å². The zero-order valence-corrected chi connectivity index (χ0v) is 14.8. The molecule has 1 saturated heterocycles. The highest BCUT2D eigenvalue weighted by atomic mass is 35.5. The smallest absolute Gasteiger partial charge is 0.220 e. The Morgan fingerprint density at radius 3 is 2.78 bits per heavy atom. The summed E-state index contributed by atoms with van der Waals surface area (Å²) in [5, 5.41) is 6.46. The van der Waals surface area contributed by atoms with Gasteiger partial charge in [-0.1, -0.05) is 12.1 Å². The number of nitrogens with one attached hydrogen (secondary N) is 2. The lowest BCUT2D eigenvalue weighted by molar-refractivity contribution is -0.121. The number of carbonyl (C=O) groups is 1. The maximum absolute atomic E-state index is 11.8. The van der Waals surface area contributed by atoms with Crippen molar-refractivity contribution >= 4 is 18.3 Å². The van der Waals surface area contributed by atoms with Gasteiger partial charge < -0.3 is 15.4 Å². The van der Waals surface area contributed by atoms with Gasteiger partial charge in [0.25, 0.3) is 0 Å². The van der Waals surface area contributed by atoms with Gasteiger partial charge >= 0.3 is 0 Å². The van der Waals surface area contributed by atoms with E-state index in [-0.39, 0.29) is 18.3 Å². The number of aryl methyl sites for hydroxylation is 1. The number of piperidine rings is 1. The fourth-order valence-electron chi connectivity index (χ4n) is 2.92. The van der Waals surface area contributed by atoms with Crippen molar-refractivity contribution in [2.75, 3.05) is 26.7 Å². The van der Waals surface area contributed by atoms with E-state index in [0.717, 1.165) is 50.6 Å². The summed E-state index contributed by atoms with van der Waals surface area (Å²) in [6.07, 6.45) is 6.08. The van der Waals surface area contributed by atoms with Crippen LogP contribution >= 0.6 is 12.4 Å². The van der Waals surface area contributed by atoms with E-state index in [0.29, 0.717) is 6.42 Å². The summed E-state index contributed by atoms with van der Waals surface area (Å²) in [5.74, 6) is 1.78. The van der Waals surface area contributed by atoms with E-state index in [1.165, 1.54) is 18.4 Å². The molecule has 1 aliphatic rings.